The summed E-state index contributed by atoms with van der Waals surface area (Å²) in [5, 5.41) is 4.51. The van der Waals surface area contributed by atoms with Gasteiger partial charge < -0.3 is 10.2 Å². The maximum atomic E-state index is 5.89. The largest absolute Gasteiger partial charge is 0.370 e. The predicted molar refractivity (Wildman–Crippen MR) is 68.2 cm³/mol. The van der Waals surface area contributed by atoms with E-state index in [1.54, 1.807) is 0 Å². The molecule has 1 aliphatic carbocycles. The van der Waals surface area contributed by atoms with Crippen LogP contribution in [0.3, 0.4) is 0 Å². The SMILES string of the molecule is Clc1ccc(N2CCC(NC3CC3)C2)cc1. The van der Waals surface area contributed by atoms with E-state index in [1.165, 1.54) is 24.9 Å². The van der Waals surface area contributed by atoms with E-state index in [1.807, 2.05) is 12.1 Å². The van der Waals surface area contributed by atoms with Gasteiger partial charge in [0.15, 0.2) is 0 Å². The molecular formula is C13H17ClN2. The van der Waals surface area contributed by atoms with Crippen LogP contribution in [0.4, 0.5) is 5.69 Å². The van der Waals surface area contributed by atoms with Crippen LogP contribution < -0.4 is 10.2 Å². The van der Waals surface area contributed by atoms with Crippen molar-refractivity contribution >= 4 is 17.3 Å². The summed E-state index contributed by atoms with van der Waals surface area (Å²) in [4.78, 5) is 2.44. The zero-order chi connectivity index (χ0) is 11.0. The van der Waals surface area contributed by atoms with Crippen molar-refractivity contribution in [3.63, 3.8) is 0 Å². The molecule has 3 rings (SSSR count). The second-order valence-electron chi connectivity index (χ2n) is 4.85. The zero-order valence-corrected chi connectivity index (χ0v) is 10.1. The first kappa shape index (κ1) is 10.4. The van der Waals surface area contributed by atoms with Gasteiger partial charge in [-0.3, -0.25) is 0 Å². The van der Waals surface area contributed by atoms with E-state index in [4.69, 9.17) is 11.6 Å². The molecule has 3 heteroatoms. The van der Waals surface area contributed by atoms with Crippen molar-refractivity contribution in [2.45, 2.75) is 31.3 Å². The summed E-state index contributed by atoms with van der Waals surface area (Å²) in [6.45, 7) is 2.30. The highest BCUT2D eigenvalue weighted by molar-refractivity contribution is 6.30. The summed E-state index contributed by atoms with van der Waals surface area (Å²) in [6, 6.07) is 9.67. The van der Waals surface area contributed by atoms with Crippen LogP contribution in [0.15, 0.2) is 24.3 Å². The molecule has 0 aromatic heterocycles. The van der Waals surface area contributed by atoms with E-state index in [2.05, 4.69) is 22.3 Å². The first-order valence-electron chi connectivity index (χ1n) is 6.08. The highest BCUT2D eigenvalue weighted by Crippen LogP contribution is 2.25. The van der Waals surface area contributed by atoms with Gasteiger partial charge in [-0.2, -0.15) is 0 Å². The van der Waals surface area contributed by atoms with Crippen molar-refractivity contribution in [1.29, 1.82) is 0 Å². The van der Waals surface area contributed by atoms with E-state index in [0.29, 0.717) is 6.04 Å². The van der Waals surface area contributed by atoms with Gasteiger partial charge in [-0.25, -0.2) is 0 Å². The number of anilines is 1. The second-order valence-corrected chi connectivity index (χ2v) is 5.29. The number of halogens is 1. The zero-order valence-electron chi connectivity index (χ0n) is 9.32. The highest BCUT2D eigenvalue weighted by atomic mass is 35.5. The van der Waals surface area contributed by atoms with Gasteiger partial charge in [0.2, 0.25) is 0 Å². The first-order valence-corrected chi connectivity index (χ1v) is 6.45. The molecule has 1 aromatic rings. The predicted octanol–water partition coefficient (Wildman–Crippen LogP) is 2.67. The third-order valence-corrected chi connectivity index (χ3v) is 3.68. The standard InChI is InChI=1S/C13H17ClN2/c14-10-1-5-13(6-2-10)16-8-7-12(9-16)15-11-3-4-11/h1-2,5-6,11-12,15H,3-4,7-9H2. The first-order chi connectivity index (χ1) is 7.81. The highest BCUT2D eigenvalue weighted by Gasteiger charge is 2.29. The summed E-state index contributed by atoms with van der Waals surface area (Å²) in [5.41, 5.74) is 1.30. The van der Waals surface area contributed by atoms with Crippen LogP contribution in [0.25, 0.3) is 0 Å². The van der Waals surface area contributed by atoms with E-state index in [9.17, 15) is 0 Å². The van der Waals surface area contributed by atoms with Gasteiger partial charge >= 0.3 is 0 Å². The van der Waals surface area contributed by atoms with E-state index in [0.717, 1.165) is 24.2 Å². The Bertz CT molecular complexity index is 359. The van der Waals surface area contributed by atoms with Crippen molar-refractivity contribution in [3.05, 3.63) is 29.3 Å². The maximum Gasteiger partial charge on any atom is 0.0407 e. The van der Waals surface area contributed by atoms with E-state index >= 15 is 0 Å². The van der Waals surface area contributed by atoms with E-state index in [-0.39, 0.29) is 0 Å². The third-order valence-electron chi connectivity index (χ3n) is 3.43. The molecule has 16 heavy (non-hydrogen) atoms. The molecule has 1 saturated carbocycles. The van der Waals surface area contributed by atoms with Crippen molar-refractivity contribution in [3.8, 4) is 0 Å². The van der Waals surface area contributed by atoms with Crippen molar-refractivity contribution in [2.75, 3.05) is 18.0 Å². The van der Waals surface area contributed by atoms with Crippen LogP contribution in [-0.2, 0) is 0 Å². The molecule has 2 nitrogen and oxygen atoms in total. The molecule has 1 atom stereocenters. The lowest BCUT2D eigenvalue weighted by molar-refractivity contribution is 0.548. The minimum Gasteiger partial charge on any atom is -0.370 e. The lowest BCUT2D eigenvalue weighted by Gasteiger charge is -2.19. The molecule has 1 N–H and O–H groups in total. The molecule has 2 fully saturated rings. The van der Waals surface area contributed by atoms with Crippen LogP contribution >= 0.6 is 11.6 Å². The van der Waals surface area contributed by atoms with Gasteiger partial charge in [0.05, 0.1) is 0 Å². The number of nitrogens with one attached hydrogen (secondary N) is 1. The summed E-state index contributed by atoms with van der Waals surface area (Å²) in [6.07, 6.45) is 4.01. The molecule has 1 unspecified atom stereocenters. The molecule has 1 aliphatic heterocycles. The summed E-state index contributed by atoms with van der Waals surface area (Å²) >= 11 is 5.89. The Hall–Kier alpha value is -0.730. The van der Waals surface area contributed by atoms with Gasteiger partial charge in [0.1, 0.15) is 0 Å². The molecule has 0 spiro atoms. The molecule has 0 radical (unpaired) electrons. The Morgan fingerprint density at radius 1 is 1.06 bits per heavy atom. The van der Waals surface area contributed by atoms with Crippen molar-refractivity contribution in [1.82, 2.24) is 5.32 Å². The fraction of sp³-hybridized carbons (Fsp3) is 0.538. The molecule has 0 bridgehead atoms. The van der Waals surface area contributed by atoms with Crippen molar-refractivity contribution in [2.24, 2.45) is 0 Å². The van der Waals surface area contributed by atoms with Gasteiger partial charge in [-0.1, -0.05) is 11.6 Å². The Morgan fingerprint density at radius 3 is 2.50 bits per heavy atom. The van der Waals surface area contributed by atoms with Gasteiger partial charge in [-0.05, 0) is 43.5 Å². The van der Waals surface area contributed by atoms with Crippen LogP contribution in [0.2, 0.25) is 5.02 Å². The quantitative estimate of drug-likeness (QED) is 0.868. The van der Waals surface area contributed by atoms with Crippen molar-refractivity contribution < 1.29 is 0 Å². The van der Waals surface area contributed by atoms with Crippen LogP contribution in [0.1, 0.15) is 19.3 Å². The summed E-state index contributed by atoms with van der Waals surface area (Å²) in [7, 11) is 0. The van der Waals surface area contributed by atoms with Gasteiger partial charge in [-0.15, -0.1) is 0 Å². The molecular weight excluding hydrogens is 220 g/mol. The van der Waals surface area contributed by atoms with E-state index < -0.39 is 0 Å². The summed E-state index contributed by atoms with van der Waals surface area (Å²) < 4.78 is 0. The van der Waals surface area contributed by atoms with Crippen LogP contribution in [-0.4, -0.2) is 25.2 Å². The number of rotatable bonds is 3. The smallest absolute Gasteiger partial charge is 0.0407 e. The Balaban J connectivity index is 1.61. The Kier molecular flexibility index (Phi) is 2.78. The second kappa shape index (κ2) is 4.27. The van der Waals surface area contributed by atoms with Crippen LogP contribution in [0, 0.1) is 0 Å². The fourth-order valence-electron chi connectivity index (χ4n) is 2.37. The molecule has 2 aliphatic rings. The number of hydrogen-bond donors (Lipinski definition) is 1. The Morgan fingerprint density at radius 2 is 1.81 bits per heavy atom. The number of benzene rings is 1. The monoisotopic (exact) mass is 236 g/mol. The summed E-state index contributed by atoms with van der Waals surface area (Å²) in [5.74, 6) is 0. The molecule has 1 aromatic carbocycles. The lowest BCUT2D eigenvalue weighted by atomic mass is 10.2. The molecule has 0 amide bonds. The fourth-order valence-corrected chi connectivity index (χ4v) is 2.49. The molecule has 1 heterocycles. The number of nitrogens with zero attached hydrogens (tertiary/aromatic N) is 1. The van der Waals surface area contributed by atoms with Gasteiger partial charge in [0, 0.05) is 35.9 Å². The lowest BCUT2D eigenvalue weighted by Crippen LogP contribution is -2.33. The minimum atomic E-state index is 0.683. The Labute approximate surface area is 102 Å². The van der Waals surface area contributed by atoms with Gasteiger partial charge in [0.25, 0.3) is 0 Å². The number of hydrogen-bond acceptors (Lipinski definition) is 2. The molecule has 1 saturated heterocycles. The normalized spacial score (nSPS) is 25.1. The minimum absolute atomic E-state index is 0.683. The molecule has 86 valence electrons. The third kappa shape index (κ3) is 2.33. The van der Waals surface area contributed by atoms with Crippen LogP contribution in [0.5, 0.6) is 0 Å². The topological polar surface area (TPSA) is 15.3 Å². The average Bonchev–Trinajstić information content (AvgIpc) is 2.97. The average molecular weight is 237 g/mol. The maximum absolute atomic E-state index is 5.89.